The first-order chi connectivity index (χ1) is 14.6. The Morgan fingerprint density at radius 2 is 1.77 bits per heavy atom. The molecule has 0 saturated carbocycles. The molecule has 30 heavy (non-hydrogen) atoms. The lowest BCUT2D eigenvalue weighted by Gasteiger charge is -2.33. The van der Waals surface area contributed by atoms with Gasteiger partial charge in [-0.1, -0.05) is 12.1 Å². The fourth-order valence-corrected chi connectivity index (χ4v) is 3.93. The van der Waals surface area contributed by atoms with Crippen LogP contribution in [0.15, 0.2) is 29.3 Å². The summed E-state index contributed by atoms with van der Waals surface area (Å²) in [5.74, 6) is 0.266. The number of hydrogen-bond acceptors (Lipinski definition) is 5. The Kier molecular flexibility index (Phi) is 7.43. The molecule has 8 heteroatoms. The molecule has 0 atom stereocenters. The van der Waals surface area contributed by atoms with Gasteiger partial charge in [0.15, 0.2) is 5.96 Å². The van der Waals surface area contributed by atoms with Crippen molar-refractivity contribution in [3.05, 3.63) is 35.4 Å². The zero-order valence-electron chi connectivity index (χ0n) is 17.7. The number of amides is 2. The van der Waals surface area contributed by atoms with Crippen molar-refractivity contribution in [1.29, 1.82) is 0 Å². The number of piperidine rings is 1. The molecule has 0 aromatic heterocycles. The fourth-order valence-electron chi connectivity index (χ4n) is 3.93. The number of fused-ring (bicyclic) bond motifs is 1. The number of hydrogen-bond donors (Lipinski definition) is 1. The van der Waals surface area contributed by atoms with E-state index in [4.69, 9.17) is 9.73 Å². The van der Waals surface area contributed by atoms with E-state index in [0.29, 0.717) is 30.6 Å². The van der Waals surface area contributed by atoms with E-state index in [-0.39, 0.29) is 23.7 Å². The summed E-state index contributed by atoms with van der Waals surface area (Å²) in [6.07, 6.45) is 3.01. The summed E-state index contributed by atoms with van der Waals surface area (Å²) in [4.78, 5) is 44.7. The maximum absolute atomic E-state index is 12.4. The Balaban J connectivity index is 1.46. The minimum Gasteiger partial charge on any atom is -0.469 e. The highest BCUT2D eigenvalue weighted by molar-refractivity contribution is 6.21. The number of carbonyl (C=O) groups excluding carboxylic acids is 3. The third kappa shape index (κ3) is 4.80. The third-order valence-electron chi connectivity index (χ3n) is 5.59. The SMILES string of the molecule is CCNC(=NCCCCN1C(=O)c2ccccc2C1=O)N1CCC(C(=O)OC)CC1. The maximum Gasteiger partial charge on any atom is 0.308 e. The van der Waals surface area contributed by atoms with Crippen molar-refractivity contribution in [1.82, 2.24) is 15.1 Å². The van der Waals surface area contributed by atoms with Gasteiger partial charge in [-0.25, -0.2) is 0 Å². The number of unbranched alkanes of at least 4 members (excludes halogenated alkanes) is 1. The monoisotopic (exact) mass is 414 g/mol. The van der Waals surface area contributed by atoms with Crippen LogP contribution >= 0.6 is 0 Å². The molecule has 1 aromatic rings. The molecule has 2 amide bonds. The quantitative estimate of drug-likeness (QED) is 0.241. The van der Waals surface area contributed by atoms with Crippen LogP contribution in [0.5, 0.6) is 0 Å². The second kappa shape index (κ2) is 10.2. The molecule has 0 unspecified atom stereocenters. The molecule has 1 saturated heterocycles. The van der Waals surface area contributed by atoms with Crippen molar-refractivity contribution < 1.29 is 19.1 Å². The van der Waals surface area contributed by atoms with Crippen LogP contribution in [0, 0.1) is 5.92 Å². The van der Waals surface area contributed by atoms with Crippen molar-refractivity contribution in [3.63, 3.8) is 0 Å². The van der Waals surface area contributed by atoms with Crippen LogP contribution in [-0.4, -0.2) is 73.4 Å². The predicted octanol–water partition coefficient (Wildman–Crippen LogP) is 1.91. The van der Waals surface area contributed by atoms with Gasteiger partial charge in [0.2, 0.25) is 0 Å². The molecular formula is C22H30N4O4. The summed E-state index contributed by atoms with van der Waals surface area (Å²) in [7, 11) is 1.43. The molecule has 0 aliphatic carbocycles. The number of ether oxygens (including phenoxy) is 1. The highest BCUT2D eigenvalue weighted by Crippen LogP contribution is 2.22. The Labute approximate surface area is 177 Å². The van der Waals surface area contributed by atoms with E-state index < -0.39 is 0 Å². The number of benzene rings is 1. The fraction of sp³-hybridized carbons (Fsp3) is 0.545. The normalized spacial score (nSPS) is 17.3. The Morgan fingerprint density at radius 3 is 2.33 bits per heavy atom. The van der Waals surface area contributed by atoms with Crippen LogP contribution in [0.2, 0.25) is 0 Å². The molecule has 2 heterocycles. The first kappa shape index (κ1) is 21.8. The summed E-state index contributed by atoms with van der Waals surface area (Å²) < 4.78 is 4.85. The van der Waals surface area contributed by atoms with E-state index in [1.54, 1.807) is 24.3 Å². The van der Waals surface area contributed by atoms with Gasteiger partial charge in [-0.3, -0.25) is 24.3 Å². The number of methoxy groups -OCH3 is 1. The molecule has 8 nitrogen and oxygen atoms in total. The third-order valence-corrected chi connectivity index (χ3v) is 5.59. The molecular weight excluding hydrogens is 384 g/mol. The predicted molar refractivity (Wildman–Crippen MR) is 113 cm³/mol. The van der Waals surface area contributed by atoms with E-state index in [9.17, 15) is 14.4 Å². The lowest BCUT2D eigenvalue weighted by molar-refractivity contribution is -0.146. The van der Waals surface area contributed by atoms with Gasteiger partial charge in [-0.15, -0.1) is 0 Å². The van der Waals surface area contributed by atoms with Gasteiger partial charge in [0.25, 0.3) is 11.8 Å². The zero-order chi connectivity index (χ0) is 21.5. The van der Waals surface area contributed by atoms with Crippen molar-refractivity contribution >= 4 is 23.7 Å². The summed E-state index contributed by atoms with van der Waals surface area (Å²) >= 11 is 0. The number of imide groups is 1. The Bertz CT molecular complexity index is 780. The number of aliphatic imine (C=N–C) groups is 1. The second-order valence-corrected chi connectivity index (χ2v) is 7.53. The van der Waals surface area contributed by atoms with Gasteiger partial charge in [-0.2, -0.15) is 0 Å². The summed E-state index contributed by atoms with van der Waals surface area (Å²) in [6, 6.07) is 6.95. The van der Waals surface area contributed by atoms with Gasteiger partial charge < -0.3 is 15.0 Å². The van der Waals surface area contributed by atoms with Crippen molar-refractivity contribution in [2.75, 3.05) is 39.8 Å². The molecule has 2 aliphatic rings. The molecule has 1 aromatic carbocycles. The highest BCUT2D eigenvalue weighted by atomic mass is 16.5. The van der Waals surface area contributed by atoms with Gasteiger partial charge in [0.1, 0.15) is 0 Å². The van der Waals surface area contributed by atoms with Crippen LogP contribution in [0.25, 0.3) is 0 Å². The molecule has 0 bridgehead atoms. The lowest BCUT2D eigenvalue weighted by atomic mass is 9.97. The topological polar surface area (TPSA) is 91.3 Å². The van der Waals surface area contributed by atoms with E-state index >= 15 is 0 Å². The highest BCUT2D eigenvalue weighted by Gasteiger charge is 2.34. The van der Waals surface area contributed by atoms with E-state index in [1.165, 1.54) is 12.0 Å². The number of likely N-dealkylation sites (tertiary alicyclic amines) is 1. The molecule has 3 rings (SSSR count). The number of nitrogens with one attached hydrogen (secondary N) is 1. The molecule has 1 fully saturated rings. The maximum atomic E-state index is 12.4. The number of carbonyl (C=O) groups is 3. The lowest BCUT2D eigenvalue weighted by Crippen LogP contribution is -2.46. The summed E-state index contributed by atoms with van der Waals surface area (Å²) in [5.41, 5.74) is 0.982. The van der Waals surface area contributed by atoms with Gasteiger partial charge in [0.05, 0.1) is 24.2 Å². The van der Waals surface area contributed by atoms with Gasteiger partial charge >= 0.3 is 5.97 Å². The summed E-state index contributed by atoms with van der Waals surface area (Å²) in [6.45, 7) is 5.34. The van der Waals surface area contributed by atoms with E-state index in [1.807, 2.05) is 6.92 Å². The number of esters is 1. The Hall–Kier alpha value is -2.90. The van der Waals surface area contributed by atoms with Crippen molar-refractivity contribution in [3.8, 4) is 0 Å². The second-order valence-electron chi connectivity index (χ2n) is 7.53. The average Bonchev–Trinajstić information content (AvgIpc) is 3.02. The molecule has 2 aliphatic heterocycles. The Morgan fingerprint density at radius 1 is 1.13 bits per heavy atom. The average molecular weight is 415 g/mol. The van der Waals surface area contributed by atoms with E-state index in [0.717, 1.165) is 44.9 Å². The molecule has 0 spiro atoms. The number of guanidine groups is 1. The first-order valence-electron chi connectivity index (χ1n) is 10.6. The first-order valence-corrected chi connectivity index (χ1v) is 10.6. The zero-order valence-corrected chi connectivity index (χ0v) is 17.7. The molecule has 1 N–H and O–H groups in total. The smallest absolute Gasteiger partial charge is 0.308 e. The molecule has 162 valence electrons. The van der Waals surface area contributed by atoms with Gasteiger partial charge in [-0.05, 0) is 44.7 Å². The van der Waals surface area contributed by atoms with Crippen LogP contribution in [0.4, 0.5) is 0 Å². The standard InChI is InChI=1S/C22H30N4O4/c1-3-23-22(25-14-10-16(11-15-25)21(29)30-2)24-12-6-7-13-26-19(27)17-8-4-5-9-18(17)20(26)28/h4-5,8-9,16H,3,6-7,10-15H2,1-2H3,(H,23,24). The van der Waals surface area contributed by atoms with Crippen LogP contribution < -0.4 is 5.32 Å². The van der Waals surface area contributed by atoms with Crippen molar-refractivity contribution in [2.24, 2.45) is 10.9 Å². The minimum atomic E-state index is -0.207. The number of rotatable bonds is 7. The largest absolute Gasteiger partial charge is 0.469 e. The van der Waals surface area contributed by atoms with Crippen molar-refractivity contribution in [2.45, 2.75) is 32.6 Å². The van der Waals surface area contributed by atoms with Crippen LogP contribution in [-0.2, 0) is 9.53 Å². The number of nitrogens with zero attached hydrogens (tertiary/aromatic N) is 3. The van der Waals surface area contributed by atoms with Crippen LogP contribution in [0.3, 0.4) is 0 Å². The van der Waals surface area contributed by atoms with Gasteiger partial charge in [0, 0.05) is 32.7 Å². The minimum absolute atomic E-state index is 0.0335. The summed E-state index contributed by atoms with van der Waals surface area (Å²) in [5, 5.41) is 3.31. The molecule has 0 radical (unpaired) electrons. The van der Waals surface area contributed by atoms with E-state index in [2.05, 4.69) is 10.2 Å². The van der Waals surface area contributed by atoms with Crippen LogP contribution in [0.1, 0.15) is 53.3 Å².